The van der Waals surface area contributed by atoms with Crippen molar-refractivity contribution in [2.75, 3.05) is 0 Å². The molecule has 0 saturated carbocycles. The highest BCUT2D eigenvalue weighted by atomic mass is 16.5. The van der Waals surface area contributed by atoms with Gasteiger partial charge in [-0.1, -0.05) is 19.9 Å². The minimum atomic E-state index is -0.468. The lowest BCUT2D eigenvalue weighted by atomic mass is 9.89. The van der Waals surface area contributed by atoms with Crippen LogP contribution in [0, 0.1) is 6.92 Å². The van der Waals surface area contributed by atoms with Crippen LogP contribution in [0.15, 0.2) is 11.6 Å². The number of phenolic OH excluding ortho intramolecular Hbond substituents is 1. The summed E-state index contributed by atoms with van der Waals surface area (Å²) in [6.07, 6.45) is 4.49. The van der Waals surface area contributed by atoms with Crippen molar-refractivity contribution >= 4 is 12.3 Å². The van der Waals surface area contributed by atoms with Gasteiger partial charge in [0.1, 0.15) is 24.2 Å². The van der Waals surface area contributed by atoms with E-state index in [2.05, 4.69) is 0 Å². The molecule has 0 amide bonds. The van der Waals surface area contributed by atoms with E-state index in [1.165, 1.54) is 0 Å². The van der Waals surface area contributed by atoms with Gasteiger partial charge < -0.3 is 9.84 Å². The zero-order chi connectivity index (χ0) is 15.6. The fourth-order valence-corrected chi connectivity index (χ4v) is 2.85. The van der Waals surface area contributed by atoms with Crippen LogP contribution in [0.4, 0.5) is 0 Å². The van der Waals surface area contributed by atoms with Gasteiger partial charge in [0.2, 0.25) is 0 Å². The van der Waals surface area contributed by atoms with Crippen molar-refractivity contribution in [3.63, 3.8) is 0 Å². The number of phenols is 1. The Morgan fingerprint density at radius 1 is 1.33 bits per heavy atom. The first-order valence-corrected chi connectivity index (χ1v) is 7.22. The van der Waals surface area contributed by atoms with Crippen molar-refractivity contribution in [1.29, 1.82) is 0 Å². The van der Waals surface area contributed by atoms with E-state index in [9.17, 15) is 14.7 Å². The Balaban J connectivity index is 2.57. The Morgan fingerprint density at radius 2 is 2.05 bits per heavy atom. The predicted molar refractivity (Wildman–Crippen MR) is 79.5 cm³/mol. The van der Waals surface area contributed by atoms with Crippen LogP contribution < -0.4 is 0 Å². The van der Waals surface area contributed by atoms with E-state index in [4.69, 9.17) is 4.74 Å². The third-order valence-electron chi connectivity index (χ3n) is 4.13. The molecule has 1 N–H and O–H groups in total. The van der Waals surface area contributed by atoms with Gasteiger partial charge in [0.25, 0.3) is 0 Å². The summed E-state index contributed by atoms with van der Waals surface area (Å²) in [6.45, 7) is 6.10. The maximum Gasteiger partial charge on any atom is 0.342 e. The Hall–Kier alpha value is -2.10. The molecule has 1 aliphatic heterocycles. The lowest BCUT2D eigenvalue weighted by Gasteiger charge is -2.15. The van der Waals surface area contributed by atoms with Gasteiger partial charge in [-0.2, -0.15) is 0 Å². The predicted octanol–water partition coefficient (Wildman–Crippen LogP) is 3.01. The summed E-state index contributed by atoms with van der Waals surface area (Å²) in [6, 6.07) is 0. The van der Waals surface area contributed by atoms with Gasteiger partial charge in [0.05, 0.1) is 0 Å². The van der Waals surface area contributed by atoms with E-state index < -0.39 is 5.97 Å². The standard InChI is InChI=1S/C17H20O4/c1-4-11(8-18)6-7-13-12(5-2)10(3)14-9-21-17(20)15(14)16(13)19/h6,8,19H,4-5,7,9H2,1-3H3/b11-6+. The summed E-state index contributed by atoms with van der Waals surface area (Å²) in [5, 5.41) is 10.5. The number of fused-ring (bicyclic) bond motifs is 1. The lowest BCUT2D eigenvalue weighted by molar-refractivity contribution is -0.105. The first kappa shape index (κ1) is 15.3. The molecule has 0 saturated heterocycles. The second kappa shape index (κ2) is 6.12. The number of ether oxygens (including phenoxy) is 1. The van der Waals surface area contributed by atoms with Crippen molar-refractivity contribution in [1.82, 2.24) is 0 Å². The Kier molecular flexibility index (Phi) is 4.46. The molecular weight excluding hydrogens is 268 g/mol. The second-order valence-corrected chi connectivity index (χ2v) is 5.17. The molecule has 2 rings (SSSR count). The Labute approximate surface area is 124 Å². The molecule has 4 heteroatoms. The monoisotopic (exact) mass is 288 g/mol. The molecule has 1 heterocycles. The van der Waals surface area contributed by atoms with Crippen molar-refractivity contribution in [2.45, 2.75) is 46.6 Å². The number of benzene rings is 1. The third-order valence-corrected chi connectivity index (χ3v) is 4.13. The number of hydrogen-bond donors (Lipinski definition) is 1. The minimum absolute atomic E-state index is 0.00699. The molecule has 0 bridgehead atoms. The second-order valence-electron chi connectivity index (χ2n) is 5.17. The summed E-state index contributed by atoms with van der Waals surface area (Å²) in [7, 11) is 0. The van der Waals surface area contributed by atoms with Gasteiger partial charge in [0, 0.05) is 11.1 Å². The van der Waals surface area contributed by atoms with Crippen LogP contribution in [0.2, 0.25) is 0 Å². The normalized spacial score (nSPS) is 14.0. The first-order valence-electron chi connectivity index (χ1n) is 7.22. The van der Waals surface area contributed by atoms with E-state index in [1.807, 2.05) is 26.8 Å². The molecule has 0 aromatic heterocycles. The van der Waals surface area contributed by atoms with Gasteiger partial charge >= 0.3 is 5.97 Å². The van der Waals surface area contributed by atoms with Crippen LogP contribution in [-0.4, -0.2) is 17.4 Å². The zero-order valence-electron chi connectivity index (χ0n) is 12.7. The Morgan fingerprint density at radius 3 is 2.62 bits per heavy atom. The van der Waals surface area contributed by atoms with Gasteiger partial charge in [0.15, 0.2) is 0 Å². The largest absolute Gasteiger partial charge is 0.507 e. The maximum atomic E-state index is 11.8. The molecule has 0 unspecified atom stereocenters. The number of carbonyl (C=O) groups is 2. The van der Waals surface area contributed by atoms with E-state index >= 15 is 0 Å². The SMILES string of the molecule is CC/C(C=O)=C\Cc1c(O)c2c(c(C)c1CC)COC2=O. The number of rotatable bonds is 5. The molecular formula is C17H20O4. The van der Waals surface area contributed by atoms with Crippen molar-refractivity contribution in [3.05, 3.63) is 39.5 Å². The fraction of sp³-hybridized carbons (Fsp3) is 0.412. The van der Waals surface area contributed by atoms with Gasteiger partial charge in [-0.3, -0.25) is 4.79 Å². The summed E-state index contributed by atoms with van der Waals surface area (Å²) in [5.74, 6) is -0.461. The lowest BCUT2D eigenvalue weighted by Crippen LogP contribution is -2.04. The molecule has 0 fully saturated rings. The quantitative estimate of drug-likeness (QED) is 0.514. The van der Waals surface area contributed by atoms with E-state index in [-0.39, 0.29) is 17.9 Å². The molecule has 112 valence electrons. The molecule has 0 aliphatic carbocycles. The van der Waals surface area contributed by atoms with Crippen LogP contribution in [0.5, 0.6) is 5.75 Å². The highest BCUT2D eigenvalue weighted by molar-refractivity contribution is 5.97. The van der Waals surface area contributed by atoms with Crippen LogP contribution in [0.1, 0.15) is 52.9 Å². The molecule has 0 atom stereocenters. The highest BCUT2D eigenvalue weighted by Gasteiger charge is 2.30. The number of allylic oxidation sites excluding steroid dienone is 2. The van der Waals surface area contributed by atoms with Gasteiger partial charge in [-0.15, -0.1) is 0 Å². The van der Waals surface area contributed by atoms with Crippen LogP contribution in [0.3, 0.4) is 0 Å². The third kappa shape index (κ3) is 2.58. The molecule has 1 aromatic carbocycles. The molecule has 4 nitrogen and oxygen atoms in total. The van der Waals surface area contributed by atoms with Crippen LogP contribution in [-0.2, 0) is 29.0 Å². The van der Waals surface area contributed by atoms with Crippen LogP contribution in [0.25, 0.3) is 0 Å². The maximum absolute atomic E-state index is 11.8. The summed E-state index contributed by atoms with van der Waals surface area (Å²) >= 11 is 0. The molecule has 0 spiro atoms. The minimum Gasteiger partial charge on any atom is -0.507 e. The average Bonchev–Trinajstić information content (AvgIpc) is 2.87. The van der Waals surface area contributed by atoms with E-state index in [1.54, 1.807) is 0 Å². The number of cyclic esters (lactones) is 1. The zero-order valence-corrected chi connectivity index (χ0v) is 12.7. The number of carbonyl (C=O) groups excluding carboxylic acids is 2. The van der Waals surface area contributed by atoms with Crippen molar-refractivity contribution in [3.8, 4) is 5.75 Å². The highest BCUT2D eigenvalue weighted by Crippen LogP contribution is 2.38. The summed E-state index contributed by atoms with van der Waals surface area (Å²) in [5.41, 5.74) is 4.52. The first-order chi connectivity index (χ1) is 10.0. The molecule has 1 aliphatic rings. The molecule has 1 aromatic rings. The fourth-order valence-electron chi connectivity index (χ4n) is 2.85. The smallest absolute Gasteiger partial charge is 0.342 e. The van der Waals surface area contributed by atoms with Gasteiger partial charge in [-0.05, 0) is 42.9 Å². The summed E-state index contributed by atoms with van der Waals surface area (Å²) < 4.78 is 5.04. The van der Waals surface area contributed by atoms with Crippen molar-refractivity contribution in [2.24, 2.45) is 0 Å². The number of aldehydes is 1. The number of hydrogen-bond acceptors (Lipinski definition) is 4. The Bertz CT molecular complexity index is 626. The average molecular weight is 288 g/mol. The summed E-state index contributed by atoms with van der Waals surface area (Å²) in [4.78, 5) is 22.7. The van der Waals surface area contributed by atoms with E-state index in [0.29, 0.717) is 18.4 Å². The number of esters is 1. The van der Waals surface area contributed by atoms with E-state index in [0.717, 1.165) is 35.0 Å². The molecule has 21 heavy (non-hydrogen) atoms. The van der Waals surface area contributed by atoms with Crippen molar-refractivity contribution < 1.29 is 19.4 Å². The molecule has 0 radical (unpaired) electrons. The number of aromatic hydroxyl groups is 1. The van der Waals surface area contributed by atoms with Gasteiger partial charge in [-0.25, -0.2) is 4.79 Å². The topological polar surface area (TPSA) is 63.6 Å². The van der Waals surface area contributed by atoms with Crippen LogP contribution >= 0.6 is 0 Å².